The second kappa shape index (κ2) is 8.00. The molecule has 2 aromatic carbocycles. The van der Waals surface area contributed by atoms with E-state index in [4.69, 9.17) is 0 Å². The maximum absolute atomic E-state index is 15.7. The number of halogens is 4. The molecule has 0 amide bonds. The molecule has 2 heterocycles. The van der Waals surface area contributed by atoms with Gasteiger partial charge in [-0.3, -0.25) is 4.98 Å². The summed E-state index contributed by atoms with van der Waals surface area (Å²) in [6.07, 6.45) is 2.14. The molecule has 1 unspecified atom stereocenters. The fraction of sp³-hybridized carbons (Fsp3) is 0.143. The topological polar surface area (TPSA) is 97.0 Å². The van der Waals surface area contributed by atoms with Gasteiger partial charge in [0.05, 0.1) is 6.54 Å². The lowest BCUT2D eigenvalue weighted by Crippen LogP contribution is -2.48. The van der Waals surface area contributed by atoms with Crippen LogP contribution in [0.3, 0.4) is 0 Å². The molecule has 0 radical (unpaired) electrons. The Labute approximate surface area is 178 Å². The number of benzene rings is 2. The number of pyridine rings is 1. The van der Waals surface area contributed by atoms with E-state index in [1.54, 1.807) is 12.1 Å². The van der Waals surface area contributed by atoms with Gasteiger partial charge in [-0.25, -0.2) is 13.5 Å². The minimum absolute atomic E-state index is 0.0406. The number of aromatic nitrogens is 5. The fourth-order valence-corrected chi connectivity index (χ4v) is 3.28. The molecule has 7 nitrogen and oxygen atoms in total. The van der Waals surface area contributed by atoms with E-state index >= 15 is 8.78 Å². The van der Waals surface area contributed by atoms with E-state index in [-0.39, 0.29) is 5.75 Å². The molecular weight excluding hydrogens is 430 g/mol. The van der Waals surface area contributed by atoms with Crippen LogP contribution in [-0.2, 0) is 18.1 Å². The zero-order valence-corrected chi connectivity index (χ0v) is 16.2. The third-order valence-electron chi connectivity index (χ3n) is 4.96. The lowest BCUT2D eigenvalue weighted by molar-refractivity contribution is -0.207. The molecule has 2 N–H and O–H groups in total. The lowest BCUT2D eigenvalue weighted by atomic mass is 9.84. The van der Waals surface area contributed by atoms with Gasteiger partial charge in [0.2, 0.25) is 0 Å². The Bertz CT molecular complexity index is 1220. The van der Waals surface area contributed by atoms with Crippen LogP contribution in [0.2, 0.25) is 0 Å². The van der Waals surface area contributed by atoms with Gasteiger partial charge in [0.15, 0.2) is 5.60 Å². The summed E-state index contributed by atoms with van der Waals surface area (Å²) < 4.78 is 60.0. The Morgan fingerprint density at radius 3 is 2.25 bits per heavy atom. The summed E-state index contributed by atoms with van der Waals surface area (Å²) in [4.78, 5) is 3.79. The maximum atomic E-state index is 15.7. The van der Waals surface area contributed by atoms with Crippen LogP contribution >= 0.6 is 0 Å². The minimum Gasteiger partial charge on any atom is -0.508 e. The van der Waals surface area contributed by atoms with Crippen molar-refractivity contribution in [3.63, 3.8) is 0 Å². The average Bonchev–Trinajstić information content (AvgIpc) is 3.27. The SMILES string of the molecule is Oc1ccc(-c2ccc(C(F)(F)C(O)(Cn3cnnn3)c3ccc(F)cc3F)nc2)cc1. The first-order valence-corrected chi connectivity index (χ1v) is 9.23. The van der Waals surface area contributed by atoms with Gasteiger partial charge >= 0.3 is 5.92 Å². The average molecular weight is 445 g/mol. The number of aromatic hydroxyl groups is 1. The highest BCUT2D eigenvalue weighted by Crippen LogP contribution is 2.46. The molecule has 4 rings (SSSR count). The summed E-state index contributed by atoms with van der Waals surface area (Å²) in [7, 11) is 0. The van der Waals surface area contributed by atoms with Crippen LogP contribution < -0.4 is 0 Å². The van der Waals surface area contributed by atoms with Crippen molar-refractivity contribution < 1.29 is 27.8 Å². The largest absolute Gasteiger partial charge is 0.508 e. The van der Waals surface area contributed by atoms with Crippen molar-refractivity contribution in [1.29, 1.82) is 0 Å². The molecule has 0 aliphatic heterocycles. The summed E-state index contributed by atoms with van der Waals surface area (Å²) >= 11 is 0. The highest BCUT2D eigenvalue weighted by atomic mass is 19.3. The number of phenolic OH excluding ortho intramolecular Hbond substituents is 1. The molecular formula is C21H15F4N5O2. The molecule has 0 spiro atoms. The Hall–Kier alpha value is -3.86. The first-order chi connectivity index (χ1) is 15.2. The van der Waals surface area contributed by atoms with Crippen LogP contribution in [0.5, 0.6) is 5.75 Å². The van der Waals surface area contributed by atoms with Gasteiger partial charge in [-0.15, -0.1) is 5.10 Å². The summed E-state index contributed by atoms with van der Waals surface area (Å²) in [6, 6.07) is 10.3. The van der Waals surface area contributed by atoms with Crippen LogP contribution in [0.25, 0.3) is 11.1 Å². The molecule has 32 heavy (non-hydrogen) atoms. The first kappa shape index (κ1) is 21.4. The highest BCUT2D eigenvalue weighted by molar-refractivity contribution is 5.63. The summed E-state index contributed by atoms with van der Waals surface area (Å²) in [5.74, 6) is -6.44. The number of rotatable bonds is 6. The number of phenols is 1. The molecule has 0 saturated carbocycles. The summed E-state index contributed by atoms with van der Waals surface area (Å²) in [5.41, 5.74) is -3.81. The number of alkyl halides is 2. The van der Waals surface area contributed by atoms with E-state index < -0.39 is 41.0 Å². The molecule has 164 valence electrons. The zero-order valence-electron chi connectivity index (χ0n) is 16.2. The van der Waals surface area contributed by atoms with Crippen LogP contribution in [0.15, 0.2) is 67.1 Å². The summed E-state index contributed by atoms with van der Waals surface area (Å²) in [5, 5.41) is 30.6. The summed E-state index contributed by atoms with van der Waals surface area (Å²) in [6.45, 7) is -0.934. The molecule has 0 saturated heterocycles. The van der Waals surface area contributed by atoms with Gasteiger partial charge < -0.3 is 10.2 Å². The number of hydrogen-bond donors (Lipinski definition) is 2. The quantitative estimate of drug-likeness (QED) is 0.442. The van der Waals surface area contributed by atoms with Gasteiger partial charge in [-0.1, -0.05) is 18.2 Å². The van der Waals surface area contributed by atoms with E-state index in [0.29, 0.717) is 17.2 Å². The van der Waals surface area contributed by atoms with Gasteiger partial charge in [0, 0.05) is 23.4 Å². The predicted octanol–water partition coefficient (Wildman–Crippen LogP) is 3.40. The monoisotopic (exact) mass is 445 g/mol. The van der Waals surface area contributed by atoms with E-state index in [1.807, 2.05) is 0 Å². The molecule has 0 bridgehead atoms. The molecule has 1 atom stereocenters. The van der Waals surface area contributed by atoms with E-state index in [0.717, 1.165) is 35.4 Å². The third-order valence-corrected chi connectivity index (χ3v) is 4.96. The van der Waals surface area contributed by atoms with E-state index in [2.05, 4.69) is 20.5 Å². The van der Waals surface area contributed by atoms with Crippen molar-refractivity contribution in [1.82, 2.24) is 25.2 Å². The number of nitrogens with zero attached hydrogens (tertiary/aromatic N) is 5. The van der Waals surface area contributed by atoms with Crippen LogP contribution in [0.4, 0.5) is 17.6 Å². The highest BCUT2D eigenvalue weighted by Gasteiger charge is 2.57. The zero-order chi connectivity index (χ0) is 22.9. The molecule has 0 aliphatic carbocycles. The molecule has 4 aromatic rings. The first-order valence-electron chi connectivity index (χ1n) is 9.23. The molecule has 11 heteroatoms. The van der Waals surface area contributed by atoms with Gasteiger partial charge in [-0.05, 0) is 46.3 Å². The maximum Gasteiger partial charge on any atom is 0.323 e. The van der Waals surface area contributed by atoms with Crippen LogP contribution in [-0.4, -0.2) is 35.4 Å². The standard InChI is InChI=1S/C21H15F4N5O2/c22-15-4-7-17(18(23)9-15)20(32,11-30-12-27-28-29-30)21(24,25)19-8-3-14(10-26-19)13-1-5-16(31)6-2-13/h1-10,12,31-32H,11H2. The van der Waals surface area contributed by atoms with E-state index in [1.165, 1.54) is 18.2 Å². The molecule has 0 fully saturated rings. The van der Waals surface area contributed by atoms with Crippen molar-refractivity contribution >= 4 is 0 Å². The number of tetrazole rings is 1. The van der Waals surface area contributed by atoms with Crippen molar-refractivity contribution in [3.8, 4) is 16.9 Å². The van der Waals surface area contributed by atoms with Crippen molar-refractivity contribution in [2.75, 3.05) is 0 Å². The van der Waals surface area contributed by atoms with Gasteiger partial charge in [-0.2, -0.15) is 8.78 Å². The number of hydrogen-bond acceptors (Lipinski definition) is 6. The second-order valence-electron chi connectivity index (χ2n) is 7.05. The Kier molecular flexibility index (Phi) is 5.35. The minimum atomic E-state index is -4.13. The van der Waals surface area contributed by atoms with Gasteiger partial charge in [0.1, 0.15) is 29.4 Å². The van der Waals surface area contributed by atoms with E-state index in [9.17, 15) is 19.0 Å². The number of aliphatic hydroxyl groups is 1. The Morgan fingerprint density at radius 1 is 0.938 bits per heavy atom. The fourth-order valence-electron chi connectivity index (χ4n) is 3.28. The van der Waals surface area contributed by atoms with Crippen molar-refractivity contribution in [2.24, 2.45) is 0 Å². The molecule has 0 aliphatic rings. The predicted molar refractivity (Wildman–Crippen MR) is 103 cm³/mol. The van der Waals surface area contributed by atoms with Gasteiger partial charge in [0.25, 0.3) is 0 Å². The smallest absolute Gasteiger partial charge is 0.323 e. The Morgan fingerprint density at radius 2 is 1.66 bits per heavy atom. The van der Waals surface area contributed by atoms with Crippen LogP contribution in [0, 0.1) is 11.6 Å². The molecule has 2 aromatic heterocycles. The van der Waals surface area contributed by atoms with Crippen molar-refractivity contribution in [2.45, 2.75) is 18.1 Å². The normalized spacial score (nSPS) is 13.7. The van der Waals surface area contributed by atoms with Crippen molar-refractivity contribution in [3.05, 3.63) is 90.0 Å². The lowest BCUT2D eigenvalue weighted by Gasteiger charge is -2.35. The Balaban J connectivity index is 1.78. The third kappa shape index (κ3) is 3.78. The second-order valence-corrected chi connectivity index (χ2v) is 7.05. The van der Waals surface area contributed by atoms with Crippen LogP contribution in [0.1, 0.15) is 11.3 Å².